The van der Waals surface area contributed by atoms with E-state index in [1.807, 2.05) is 38.1 Å². The van der Waals surface area contributed by atoms with Crippen LogP contribution in [-0.2, 0) is 0 Å². The lowest BCUT2D eigenvalue weighted by Gasteiger charge is -2.10. The van der Waals surface area contributed by atoms with E-state index in [9.17, 15) is 0 Å². The number of hydrogen-bond donors (Lipinski definition) is 1. The summed E-state index contributed by atoms with van der Waals surface area (Å²) in [5.41, 5.74) is 1.17. The molecule has 1 N–H and O–H groups in total. The highest BCUT2D eigenvalue weighted by Gasteiger charge is 2.07. The Labute approximate surface area is 127 Å². The molecule has 1 heterocycles. The first-order valence-electron chi connectivity index (χ1n) is 6.62. The standard InChI is InChI=1S/C15H18BrN3O/c1-4-7-17-14-9-15(19-11(3)18-14)20-13-6-5-10(2)8-12(13)16/h5-6,8-9H,4,7H2,1-3H3,(H,17,18,19). The molecular weight excluding hydrogens is 318 g/mol. The maximum Gasteiger partial charge on any atom is 0.224 e. The molecular formula is C15H18BrN3O. The molecule has 1 aromatic heterocycles. The molecule has 0 fully saturated rings. The van der Waals surface area contributed by atoms with Crippen molar-refractivity contribution in [2.75, 3.05) is 11.9 Å². The van der Waals surface area contributed by atoms with Crippen molar-refractivity contribution in [1.29, 1.82) is 0 Å². The molecule has 0 aliphatic rings. The van der Waals surface area contributed by atoms with Crippen LogP contribution in [0, 0.1) is 13.8 Å². The molecule has 0 aliphatic heterocycles. The van der Waals surface area contributed by atoms with E-state index in [1.54, 1.807) is 0 Å². The Hall–Kier alpha value is -1.62. The molecule has 0 aliphatic carbocycles. The van der Waals surface area contributed by atoms with E-state index in [1.165, 1.54) is 5.56 Å². The molecule has 0 unspecified atom stereocenters. The summed E-state index contributed by atoms with van der Waals surface area (Å²) < 4.78 is 6.74. The summed E-state index contributed by atoms with van der Waals surface area (Å²) in [6.45, 7) is 6.89. The van der Waals surface area contributed by atoms with Gasteiger partial charge in [-0.2, -0.15) is 4.98 Å². The van der Waals surface area contributed by atoms with Crippen LogP contribution < -0.4 is 10.1 Å². The zero-order valence-electron chi connectivity index (χ0n) is 11.9. The number of aromatic nitrogens is 2. The predicted octanol–water partition coefficient (Wildman–Crippen LogP) is 4.47. The SMILES string of the molecule is CCCNc1cc(Oc2ccc(C)cc2Br)nc(C)n1. The number of aryl methyl sites for hydroxylation is 2. The van der Waals surface area contributed by atoms with Crippen molar-refractivity contribution in [1.82, 2.24) is 9.97 Å². The van der Waals surface area contributed by atoms with Crippen LogP contribution in [0.1, 0.15) is 24.7 Å². The third-order valence-electron chi connectivity index (χ3n) is 2.67. The van der Waals surface area contributed by atoms with Gasteiger partial charge in [-0.25, -0.2) is 4.98 Å². The van der Waals surface area contributed by atoms with Crippen LogP contribution in [0.2, 0.25) is 0 Å². The second-order valence-corrected chi connectivity index (χ2v) is 5.46. The zero-order chi connectivity index (χ0) is 14.5. The molecule has 0 spiro atoms. The van der Waals surface area contributed by atoms with Gasteiger partial charge >= 0.3 is 0 Å². The highest BCUT2D eigenvalue weighted by atomic mass is 79.9. The van der Waals surface area contributed by atoms with Crippen LogP contribution in [0.5, 0.6) is 11.6 Å². The molecule has 2 rings (SSSR count). The molecule has 106 valence electrons. The van der Waals surface area contributed by atoms with Crippen molar-refractivity contribution in [3.05, 3.63) is 40.1 Å². The summed E-state index contributed by atoms with van der Waals surface area (Å²) in [6.07, 6.45) is 1.04. The lowest BCUT2D eigenvalue weighted by Crippen LogP contribution is -2.04. The average molecular weight is 336 g/mol. The van der Waals surface area contributed by atoms with Crippen molar-refractivity contribution in [3.8, 4) is 11.6 Å². The number of hydrogen-bond acceptors (Lipinski definition) is 4. The van der Waals surface area contributed by atoms with E-state index >= 15 is 0 Å². The van der Waals surface area contributed by atoms with Crippen LogP contribution in [0.15, 0.2) is 28.7 Å². The van der Waals surface area contributed by atoms with Crippen LogP contribution in [-0.4, -0.2) is 16.5 Å². The number of anilines is 1. The summed E-state index contributed by atoms with van der Waals surface area (Å²) in [5, 5.41) is 3.24. The fraction of sp³-hybridized carbons (Fsp3) is 0.333. The van der Waals surface area contributed by atoms with Crippen LogP contribution in [0.4, 0.5) is 5.82 Å². The number of ether oxygens (including phenoxy) is 1. The number of benzene rings is 1. The van der Waals surface area contributed by atoms with Gasteiger partial charge in [-0.1, -0.05) is 13.0 Å². The quantitative estimate of drug-likeness (QED) is 0.875. The molecule has 0 atom stereocenters. The molecule has 0 amide bonds. The lowest BCUT2D eigenvalue weighted by atomic mass is 10.2. The minimum atomic E-state index is 0.542. The highest BCUT2D eigenvalue weighted by Crippen LogP contribution is 2.30. The van der Waals surface area contributed by atoms with Gasteiger partial charge in [-0.05, 0) is 53.9 Å². The maximum atomic E-state index is 5.83. The Kier molecular flexibility index (Phi) is 4.95. The lowest BCUT2D eigenvalue weighted by molar-refractivity contribution is 0.457. The smallest absolute Gasteiger partial charge is 0.224 e. The van der Waals surface area contributed by atoms with Crippen molar-refractivity contribution in [3.63, 3.8) is 0 Å². The number of nitrogens with one attached hydrogen (secondary N) is 1. The second-order valence-electron chi connectivity index (χ2n) is 4.60. The van der Waals surface area contributed by atoms with E-state index in [2.05, 4.69) is 38.1 Å². The van der Waals surface area contributed by atoms with Crippen molar-refractivity contribution >= 4 is 21.7 Å². The van der Waals surface area contributed by atoms with E-state index in [4.69, 9.17) is 4.74 Å². The van der Waals surface area contributed by atoms with E-state index in [0.29, 0.717) is 11.7 Å². The Morgan fingerprint density at radius 2 is 2.00 bits per heavy atom. The van der Waals surface area contributed by atoms with Gasteiger partial charge in [0, 0.05) is 12.6 Å². The van der Waals surface area contributed by atoms with Gasteiger partial charge in [0.2, 0.25) is 5.88 Å². The average Bonchev–Trinajstić information content (AvgIpc) is 2.39. The Balaban J connectivity index is 2.21. The molecule has 2 aromatic rings. The largest absolute Gasteiger partial charge is 0.438 e. The van der Waals surface area contributed by atoms with Crippen LogP contribution in [0.3, 0.4) is 0 Å². The van der Waals surface area contributed by atoms with Crippen molar-refractivity contribution < 1.29 is 4.74 Å². The van der Waals surface area contributed by atoms with E-state index in [-0.39, 0.29) is 0 Å². The third-order valence-corrected chi connectivity index (χ3v) is 3.29. The van der Waals surface area contributed by atoms with Gasteiger partial charge in [0.25, 0.3) is 0 Å². The minimum Gasteiger partial charge on any atom is -0.438 e. The van der Waals surface area contributed by atoms with Gasteiger partial charge < -0.3 is 10.1 Å². The number of nitrogens with zero attached hydrogens (tertiary/aromatic N) is 2. The molecule has 0 radical (unpaired) electrons. The molecule has 0 saturated heterocycles. The highest BCUT2D eigenvalue weighted by molar-refractivity contribution is 9.10. The second kappa shape index (κ2) is 6.70. The topological polar surface area (TPSA) is 47.0 Å². The summed E-state index contributed by atoms with van der Waals surface area (Å²) in [5.74, 6) is 2.76. The summed E-state index contributed by atoms with van der Waals surface area (Å²) in [6, 6.07) is 7.76. The summed E-state index contributed by atoms with van der Waals surface area (Å²) >= 11 is 3.50. The first-order chi connectivity index (χ1) is 9.58. The fourth-order valence-corrected chi connectivity index (χ4v) is 2.31. The monoisotopic (exact) mass is 335 g/mol. The van der Waals surface area contributed by atoms with Gasteiger partial charge in [-0.15, -0.1) is 0 Å². The third kappa shape index (κ3) is 3.93. The van der Waals surface area contributed by atoms with Crippen LogP contribution in [0.25, 0.3) is 0 Å². The normalized spacial score (nSPS) is 10.4. The first-order valence-corrected chi connectivity index (χ1v) is 7.41. The Morgan fingerprint density at radius 3 is 2.70 bits per heavy atom. The van der Waals surface area contributed by atoms with Crippen molar-refractivity contribution in [2.24, 2.45) is 0 Å². The van der Waals surface area contributed by atoms with E-state index < -0.39 is 0 Å². The predicted molar refractivity (Wildman–Crippen MR) is 84.5 cm³/mol. The molecule has 5 heteroatoms. The van der Waals surface area contributed by atoms with Gasteiger partial charge in [0.15, 0.2) is 0 Å². The molecule has 0 bridgehead atoms. The molecule has 1 aromatic carbocycles. The number of rotatable bonds is 5. The fourth-order valence-electron chi connectivity index (χ4n) is 1.74. The first kappa shape index (κ1) is 14.8. The summed E-state index contributed by atoms with van der Waals surface area (Å²) in [4.78, 5) is 8.64. The molecule has 0 saturated carbocycles. The van der Waals surface area contributed by atoms with Crippen molar-refractivity contribution in [2.45, 2.75) is 27.2 Å². The Morgan fingerprint density at radius 1 is 1.20 bits per heavy atom. The maximum absolute atomic E-state index is 5.83. The Bertz CT molecular complexity index is 602. The minimum absolute atomic E-state index is 0.542. The van der Waals surface area contributed by atoms with Crippen LogP contribution >= 0.6 is 15.9 Å². The van der Waals surface area contributed by atoms with Gasteiger partial charge in [0.05, 0.1) is 4.47 Å². The number of halogens is 1. The van der Waals surface area contributed by atoms with Gasteiger partial charge in [-0.3, -0.25) is 0 Å². The molecule has 4 nitrogen and oxygen atoms in total. The molecule has 20 heavy (non-hydrogen) atoms. The summed E-state index contributed by atoms with van der Waals surface area (Å²) in [7, 11) is 0. The van der Waals surface area contributed by atoms with Gasteiger partial charge in [0.1, 0.15) is 17.4 Å². The zero-order valence-corrected chi connectivity index (χ0v) is 13.5. The van der Waals surface area contributed by atoms with E-state index in [0.717, 1.165) is 29.0 Å².